The van der Waals surface area contributed by atoms with E-state index >= 15 is 0 Å². The molecule has 0 heterocycles. The minimum absolute atomic E-state index is 0.0667. The van der Waals surface area contributed by atoms with E-state index in [1.165, 1.54) is 18.2 Å². The van der Waals surface area contributed by atoms with Gasteiger partial charge in [0, 0.05) is 4.47 Å². The third kappa shape index (κ3) is 3.45. The van der Waals surface area contributed by atoms with E-state index < -0.39 is 10.0 Å². The van der Waals surface area contributed by atoms with Gasteiger partial charge < -0.3 is 5.73 Å². The van der Waals surface area contributed by atoms with Gasteiger partial charge in [-0.05, 0) is 48.9 Å². The van der Waals surface area contributed by atoms with Crippen molar-refractivity contribution in [3.8, 4) is 0 Å². The number of benzene rings is 2. The van der Waals surface area contributed by atoms with E-state index in [1.807, 2.05) is 13.0 Å². The van der Waals surface area contributed by atoms with Crippen LogP contribution in [0.1, 0.15) is 5.56 Å². The van der Waals surface area contributed by atoms with Crippen LogP contribution in [0.2, 0.25) is 5.02 Å². The molecule has 3 N–H and O–H groups in total. The fourth-order valence-corrected chi connectivity index (χ4v) is 3.50. The smallest absolute Gasteiger partial charge is 0.261 e. The molecule has 0 bridgehead atoms. The number of anilines is 2. The summed E-state index contributed by atoms with van der Waals surface area (Å²) in [5.41, 5.74) is 7.26. The summed E-state index contributed by atoms with van der Waals surface area (Å²) in [6.07, 6.45) is 0. The SMILES string of the molecule is Cc1cc(Br)cc(NS(=O)(=O)c2ccc(Cl)c(N)c2)c1. The molecule has 0 amide bonds. The van der Waals surface area contributed by atoms with Crippen molar-refractivity contribution < 1.29 is 8.42 Å². The maximum absolute atomic E-state index is 12.3. The van der Waals surface area contributed by atoms with Crippen molar-refractivity contribution in [1.29, 1.82) is 0 Å². The molecule has 20 heavy (non-hydrogen) atoms. The fraction of sp³-hybridized carbons (Fsp3) is 0.0769. The van der Waals surface area contributed by atoms with Crippen molar-refractivity contribution in [3.05, 3.63) is 51.5 Å². The fourth-order valence-electron chi connectivity index (χ4n) is 1.70. The number of rotatable bonds is 3. The van der Waals surface area contributed by atoms with Crippen molar-refractivity contribution in [2.24, 2.45) is 0 Å². The van der Waals surface area contributed by atoms with Gasteiger partial charge >= 0.3 is 0 Å². The van der Waals surface area contributed by atoms with Crippen LogP contribution >= 0.6 is 27.5 Å². The van der Waals surface area contributed by atoms with Gasteiger partial charge in [0.15, 0.2) is 0 Å². The zero-order valence-electron chi connectivity index (χ0n) is 10.5. The Hall–Kier alpha value is -1.24. The Kier molecular flexibility index (Phi) is 4.27. The number of halogens is 2. The van der Waals surface area contributed by atoms with E-state index in [9.17, 15) is 8.42 Å². The molecule has 2 aromatic carbocycles. The number of hydrogen-bond acceptors (Lipinski definition) is 3. The quantitative estimate of drug-likeness (QED) is 0.802. The van der Waals surface area contributed by atoms with E-state index in [0.29, 0.717) is 10.7 Å². The molecule has 0 saturated heterocycles. The van der Waals surface area contributed by atoms with Gasteiger partial charge in [-0.15, -0.1) is 0 Å². The molecule has 0 atom stereocenters. The molecular weight excluding hydrogens is 364 g/mol. The van der Waals surface area contributed by atoms with E-state index in [4.69, 9.17) is 17.3 Å². The highest BCUT2D eigenvalue weighted by atomic mass is 79.9. The second-order valence-corrected chi connectivity index (χ2v) is 7.31. The summed E-state index contributed by atoms with van der Waals surface area (Å²) in [6, 6.07) is 9.50. The van der Waals surface area contributed by atoms with Gasteiger partial charge in [0.25, 0.3) is 10.0 Å². The summed E-state index contributed by atoms with van der Waals surface area (Å²) in [6.45, 7) is 1.88. The highest BCUT2D eigenvalue weighted by Crippen LogP contribution is 2.25. The lowest BCUT2D eigenvalue weighted by Crippen LogP contribution is -2.13. The normalized spacial score (nSPS) is 11.3. The molecule has 4 nitrogen and oxygen atoms in total. The number of nitrogens with one attached hydrogen (secondary N) is 1. The largest absolute Gasteiger partial charge is 0.397 e. The summed E-state index contributed by atoms with van der Waals surface area (Å²) < 4.78 is 27.8. The summed E-state index contributed by atoms with van der Waals surface area (Å²) in [5.74, 6) is 0. The molecule has 0 saturated carbocycles. The van der Waals surface area contributed by atoms with Gasteiger partial charge in [0.2, 0.25) is 0 Å². The first-order valence-corrected chi connectivity index (χ1v) is 8.28. The monoisotopic (exact) mass is 374 g/mol. The van der Waals surface area contributed by atoms with E-state index in [2.05, 4.69) is 20.7 Å². The van der Waals surface area contributed by atoms with Crippen LogP contribution in [-0.4, -0.2) is 8.42 Å². The van der Waals surface area contributed by atoms with Crippen LogP contribution in [0.25, 0.3) is 0 Å². The van der Waals surface area contributed by atoms with Gasteiger partial charge in [-0.25, -0.2) is 8.42 Å². The molecule has 2 aromatic rings. The van der Waals surface area contributed by atoms with Crippen molar-refractivity contribution in [2.45, 2.75) is 11.8 Å². The van der Waals surface area contributed by atoms with Gasteiger partial charge in [0.05, 0.1) is 21.3 Å². The molecule has 7 heteroatoms. The Bertz CT molecular complexity index is 743. The summed E-state index contributed by atoms with van der Waals surface area (Å²) >= 11 is 9.11. The van der Waals surface area contributed by atoms with Crippen molar-refractivity contribution in [1.82, 2.24) is 0 Å². The topological polar surface area (TPSA) is 72.2 Å². The van der Waals surface area contributed by atoms with Crippen LogP contribution in [0.5, 0.6) is 0 Å². The predicted molar refractivity (Wildman–Crippen MR) is 85.6 cm³/mol. The molecular formula is C13H12BrClN2O2S. The lowest BCUT2D eigenvalue weighted by molar-refractivity contribution is 0.601. The van der Waals surface area contributed by atoms with Crippen LogP contribution in [0.15, 0.2) is 45.8 Å². The number of hydrogen-bond donors (Lipinski definition) is 2. The van der Waals surface area contributed by atoms with Crippen LogP contribution < -0.4 is 10.5 Å². The highest BCUT2D eigenvalue weighted by molar-refractivity contribution is 9.10. The molecule has 0 aromatic heterocycles. The number of nitrogens with two attached hydrogens (primary N) is 1. The average Bonchev–Trinajstić information content (AvgIpc) is 2.30. The van der Waals surface area contributed by atoms with Crippen molar-refractivity contribution >= 4 is 48.9 Å². The Balaban J connectivity index is 2.37. The molecule has 2 rings (SSSR count). The van der Waals surface area contributed by atoms with Crippen LogP contribution in [0.4, 0.5) is 11.4 Å². The average molecular weight is 376 g/mol. The highest BCUT2D eigenvalue weighted by Gasteiger charge is 2.15. The first-order chi connectivity index (χ1) is 9.28. The molecule has 0 aliphatic rings. The van der Waals surface area contributed by atoms with E-state index in [-0.39, 0.29) is 10.6 Å². The molecule has 0 aliphatic heterocycles. The minimum atomic E-state index is -3.70. The van der Waals surface area contributed by atoms with Gasteiger partial charge in [-0.3, -0.25) is 4.72 Å². The molecule has 0 radical (unpaired) electrons. The molecule has 106 valence electrons. The first-order valence-electron chi connectivity index (χ1n) is 5.63. The number of nitrogen functional groups attached to an aromatic ring is 1. The predicted octanol–water partition coefficient (Wildman–Crippen LogP) is 3.79. The summed E-state index contributed by atoms with van der Waals surface area (Å²) in [4.78, 5) is 0.0667. The summed E-state index contributed by atoms with van der Waals surface area (Å²) in [5, 5.41) is 0.322. The minimum Gasteiger partial charge on any atom is -0.397 e. The molecule has 0 fully saturated rings. The standard InChI is InChI=1S/C13H12BrClN2O2S/c1-8-4-9(14)6-10(5-8)17-20(18,19)11-2-3-12(15)13(16)7-11/h2-7,17H,16H2,1H3. The Morgan fingerprint density at radius 1 is 1.20 bits per heavy atom. The lowest BCUT2D eigenvalue weighted by Gasteiger charge is -2.10. The Morgan fingerprint density at radius 2 is 1.90 bits per heavy atom. The van der Waals surface area contributed by atoms with Crippen molar-refractivity contribution in [2.75, 3.05) is 10.5 Å². The van der Waals surface area contributed by atoms with Crippen LogP contribution in [0, 0.1) is 6.92 Å². The van der Waals surface area contributed by atoms with E-state index in [0.717, 1.165) is 10.0 Å². The van der Waals surface area contributed by atoms with Crippen LogP contribution in [-0.2, 0) is 10.0 Å². The zero-order valence-corrected chi connectivity index (χ0v) is 13.7. The van der Waals surface area contributed by atoms with E-state index in [1.54, 1.807) is 12.1 Å². The zero-order chi connectivity index (χ0) is 14.9. The number of aryl methyl sites for hydroxylation is 1. The third-order valence-corrected chi connectivity index (χ3v) is 4.75. The Labute approximate surface area is 131 Å². The van der Waals surface area contributed by atoms with Crippen LogP contribution in [0.3, 0.4) is 0 Å². The number of sulfonamides is 1. The lowest BCUT2D eigenvalue weighted by atomic mass is 10.2. The second-order valence-electron chi connectivity index (χ2n) is 4.31. The summed E-state index contributed by atoms with van der Waals surface area (Å²) in [7, 11) is -3.70. The molecule has 0 spiro atoms. The van der Waals surface area contributed by atoms with Crippen molar-refractivity contribution in [3.63, 3.8) is 0 Å². The second kappa shape index (κ2) is 5.63. The molecule has 0 aliphatic carbocycles. The van der Waals surface area contributed by atoms with Gasteiger partial charge in [0.1, 0.15) is 0 Å². The molecule has 0 unspecified atom stereocenters. The Morgan fingerprint density at radius 3 is 2.50 bits per heavy atom. The van der Waals surface area contributed by atoms with Gasteiger partial charge in [-0.2, -0.15) is 0 Å². The first kappa shape index (κ1) is 15.2. The van der Waals surface area contributed by atoms with Gasteiger partial charge in [-0.1, -0.05) is 27.5 Å². The maximum atomic E-state index is 12.3. The maximum Gasteiger partial charge on any atom is 0.261 e. The third-order valence-electron chi connectivity index (χ3n) is 2.57.